The van der Waals surface area contributed by atoms with Gasteiger partial charge in [-0.05, 0) is 31.2 Å². The highest BCUT2D eigenvalue weighted by Crippen LogP contribution is 2.38. The summed E-state index contributed by atoms with van der Waals surface area (Å²) in [6.07, 6.45) is 0. The van der Waals surface area contributed by atoms with Gasteiger partial charge in [-0.1, -0.05) is 48.0 Å². The Kier molecular flexibility index (Phi) is 6.82. The molecule has 1 aromatic heterocycles. The standard InChI is InChI=1S/C27H25N3O5/c1-16-9-11-17(12-10-16)22-15-20(19-7-5-6-8-21(19)28-22)27(32)30-29-26(31)18-13-23(33-2)25(35-4)24(14-18)34-3/h5-15H,1-4H3,(H,29,31)(H,30,32). The fourth-order valence-electron chi connectivity index (χ4n) is 3.70. The fourth-order valence-corrected chi connectivity index (χ4v) is 3.70. The maximum absolute atomic E-state index is 13.2. The number of ether oxygens (including phenoxy) is 3. The van der Waals surface area contributed by atoms with Crippen LogP contribution in [-0.2, 0) is 0 Å². The van der Waals surface area contributed by atoms with Gasteiger partial charge in [-0.25, -0.2) is 4.98 Å². The fraction of sp³-hybridized carbons (Fsp3) is 0.148. The third-order valence-corrected chi connectivity index (χ3v) is 5.52. The minimum atomic E-state index is -0.547. The number of carbonyl (C=O) groups is 2. The van der Waals surface area contributed by atoms with Crippen LogP contribution in [0.1, 0.15) is 26.3 Å². The van der Waals surface area contributed by atoms with Crippen molar-refractivity contribution >= 4 is 22.7 Å². The molecule has 35 heavy (non-hydrogen) atoms. The second-order valence-corrected chi connectivity index (χ2v) is 7.76. The molecule has 8 heteroatoms. The van der Waals surface area contributed by atoms with E-state index in [0.717, 1.165) is 11.1 Å². The summed E-state index contributed by atoms with van der Waals surface area (Å²) in [6.45, 7) is 2.01. The average molecular weight is 472 g/mol. The van der Waals surface area contributed by atoms with Gasteiger partial charge in [0.15, 0.2) is 11.5 Å². The molecule has 4 rings (SSSR count). The lowest BCUT2D eigenvalue weighted by molar-refractivity contribution is 0.0847. The molecule has 0 aliphatic rings. The number of nitrogens with zero attached hydrogens (tertiary/aromatic N) is 1. The highest BCUT2D eigenvalue weighted by atomic mass is 16.5. The molecule has 0 saturated heterocycles. The molecule has 0 bridgehead atoms. The average Bonchev–Trinajstić information content (AvgIpc) is 2.90. The number of rotatable bonds is 6. The number of para-hydroxylation sites is 1. The highest BCUT2D eigenvalue weighted by molar-refractivity contribution is 6.08. The van der Waals surface area contributed by atoms with Crippen molar-refractivity contribution in [1.29, 1.82) is 0 Å². The molecule has 3 aromatic carbocycles. The summed E-state index contributed by atoms with van der Waals surface area (Å²) >= 11 is 0. The van der Waals surface area contributed by atoms with Crippen LogP contribution in [0.4, 0.5) is 0 Å². The molecule has 0 atom stereocenters. The van der Waals surface area contributed by atoms with E-state index in [4.69, 9.17) is 19.2 Å². The van der Waals surface area contributed by atoms with Crippen LogP contribution in [0.3, 0.4) is 0 Å². The second-order valence-electron chi connectivity index (χ2n) is 7.76. The molecule has 0 saturated carbocycles. The number of hydrazine groups is 1. The number of pyridine rings is 1. The van der Waals surface area contributed by atoms with Gasteiger partial charge in [0.25, 0.3) is 11.8 Å². The van der Waals surface area contributed by atoms with Crippen molar-refractivity contribution in [1.82, 2.24) is 15.8 Å². The van der Waals surface area contributed by atoms with Crippen molar-refractivity contribution in [3.05, 3.63) is 83.4 Å². The van der Waals surface area contributed by atoms with Gasteiger partial charge < -0.3 is 14.2 Å². The lowest BCUT2D eigenvalue weighted by atomic mass is 10.0. The number of aryl methyl sites for hydroxylation is 1. The molecular weight excluding hydrogens is 446 g/mol. The molecule has 0 radical (unpaired) electrons. The third-order valence-electron chi connectivity index (χ3n) is 5.52. The SMILES string of the molecule is COc1cc(C(=O)NNC(=O)c2cc(-c3ccc(C)cc3)nc3ccccc23)cc(OC)c1OC. The molecule has 4 aromatic rings. The largest absolute Gasteiger partial charge is 0.493 e. The van der Waals surface area contributed by atoms with Crippen LogP contribution in [-0.4, -0.2) is 38.1 Å². The Morgan fingerprint density at radius 1 is 0.771 bits per heavy atom. The van der Waals surface area contributed by atoms with Crippen molar-refractivity contribution in [2.24, 2.45) is 0 Å². The van der Waals surface area contributed by atoms with Gasteiger partial charge in [-0.2, -0.15) is 0 Å². The van der Waals surface area contributed by atoms with Gasteiger partial charge in [0, 0.05) is 16.5 Å². The van der Waals surface area contributed by atoms with E-state index in [1.54, 1.807) is 6.07 Å². The molecule has 0 fully saturated rings. The number of benzene rings is 3. The van der Waals surface area contributed by atoms with Gasteiger partial charge in [-0.3, -0.25) is 20.4 Å². The number of fused-ring (bicyclic) bond motifs is 1. The lowest BCUT2D eigenvalue weighted by Gasteiger charge is -2.15. The number of amides is 2. The lowest BCUT2D eigenvalue weighted by Crippen LogP contribution is -2.41. The van der Waals surface area contributed by atoms with Gasteiger partial charge in [-0.15, -0.1) is 0 Å². The minimum Gasteiger partial charge on any atom is -0.493 e. The number of hydrogen-bond donors (Lipinski definition) is 2. The quantitative estimate of drug-likeness (QED) is 0.407. The molecule has 0 aliphatic carbocycles. The molecule has 178 valence electrons. The number of nitrogens with one attached hydrogen (secondary N) is 2. The molecule has 0 aliphatic heterocycles. The van der Waals surface area contributed by atoms with E-state index in [-0.39, 0.29) is 5.56 Å². The van der Waals surface area contributed by atoms with Crippen molar-refractivity contribution < 1.29 is 23.8 Å². The predicted molar refractivity (Wildman–Crippen MR) is 133 cm³/mol. The molecular formula is C27H25N3O5. The number of methoxy groups -OCH3 is 3. The first-order valence-electron chi connectivity index (χ1n) is 10.8. The first kappa shape index (κ1) is 23.6. The van der Waals surface area contributed by atoms with Crippen molar-refractivity contribution in [2.75, 3.05) is 21.3 Å². The van der Waals surface area contributed by atoms with Crippen LogP contribution in [0.5, 0.6) is 17.2 Å². The van der Waals surface area contributed by atoms with Crippen LogP contribution in [0.15, 0.2) is 66.7 Å². The normalized spacial score (nSPS) is 10.5. The predicted octanol–water partition coefficient (Wildman–Crippen LogP) is 4.31. The summed E-state index contributed by atoms with van der Waals surface area (Å²) in [5, 5.41) is 0.669. The van der Waals surface area contributed by atoms with E-state index < -0.39 is 11.8 Å². The summed E-state index contributed by atoms with van der Waals surface area (Å²) in [5.74, 6) is -0.00709. The van der Waals surface area contributed by atoms with Gasteiger partial charge in [0.2, 0.25) is 5.75 Å². The van der Waals surface area contributed by atoms with Gasteiger partial charge in [0.05, 0.1) is 38.1 Å². The van der Waals surface area contributed by atoms with Crippen LogP contribution >= 0.6 is 0 Å². The van der Waals surface area contributed by atoms with Crippen molar-refractivity contribution in [3.8, 4) is 28.5 Å². The van der Waals surface area contributed by atoms with E-state index in [1.807, 2.05) is 55.5 Å². The Labute approximate surface area is 202 Å². The zero-order valence-corrected chi connectivity index (χ0v) is 19.8. The number of aromatic nitrogens is 1. The van der Waals surface area contributed by atoms with E-state index in [2.05, 4.69) is 10.9 Å². The van der Waals surface area contributed by atoms with E-state index >= 15 is 0 Å². The summed E-state index contributed by atoms with van der Waals surface area (Å²) in [4.78, 5) is 30.7. The number of carbonyl (C=O) groups excluding carboxylic acids is 2. The summed E-state index contributed by atoms with van der Waals surface area (Å²) < 4.78 is 15.9. The molecule has 2 N–H and O–H groups in total. The molecule has 0 unspecified atom stereocenters. The maximum Gasteiger partial charge on any atom is 0.270 e. The molecule has 2 amide bonds. The van der Waals surface area contributed by atoms with E-state index in [9.17, 15) is 9.59 Å². The van der Waals surface area contributed by atoms with E-state index in [1.165, 1.54) is 33.5 Å². The molecule has 0 spiro atoms. The maximum atomic E-state index is 13.2. The van der Waals surface area contributed by atoms with Crippen molar-refractivity contribution in [3.63, 3.8) is 0 Å². The van der Waals surface area contributed by atoms with E-state index in [0.29, 0.717) is 39.4 Å². The number of hydrogen-bond acceptors (Lipinski definition) is 6. The zero-order chi connectivity index (χ0) is 24.9. The van der Waals surface area contributed by atoms with Gasteiger partial charge >= 0.3 is 0 Å². The topological polar surface area (TPSA) is 98.8 Å². The van der Waals surface area contributed by atoms with Crippen LogP contribution in [0, 0.1) is 6.92 Å². The Bertz CT molecular complexity index is 1380. The van der Waals surface area contributed by atoms with Crippen LogP contribution in [0.25, 0.3) is 22.2 Å². The van der Waals surface area contributed by atoms with Crippen LogP contribution < -0.4 is 25.1 Å². The van der Waals surface area contributed by atoms with Gasteiger partial charge in [0.1, 0.15) is 0 Å². The Morgan fingerprint density at radius 2 is 1.40 bits per heavy atom. The Balaban J connectivity index is 1.62. The zero-order valence-electron chi connectivity index (χ0n) is 19.8. The molecule has 8 nitrogen and oxygen atoms in total. The Hall–Kier alpha value is -4.59. The minimum absolute atomic E-state index is 0.222. The third kappa shape index (κ3) is 4.86. The first-order chi connectivity index (χ1) is 16.9. The first-order valence-corrected chi connectivity index (χ1v) is 10.8. The summed E-state index contributed by atoms with van der Waals surface area (Å²) in [6, 6.07) is 20.0. The monoisotopic (exact) mass is 471 g/mol. The highest BCUT2D eigenvalue weighted by Gasteiger charge is 2.19. The molecule has 1 heterocycles. The van der Waals surface area contributed by atoms with Crippen molar-refractivity contribution in [2.45, 2.75) is 6.92 Å². The Morgan fingerprint density at radius 3 is 2.03 bits per heavy atom. The van der Waals surface area contributed by atoms with Crippen LogP contribution in [0.2, 0.25) is 0 Å². The summed E-state index contributed by atoms with van der Waals surface area (Å²) in [7, 11) is 4.39. The smallest absolute Gasteiger partial charge is 0.270 e. The second kappa shape index (κ2) is 10.1. The summed E-state index contributed by atoms with van der Waals surface area (Å²) in [5.41, 5.74) is 8.91.